The normalized spacial score (nSPS) is 22.6. The van der Waals surface area contributed by atoms with Crippen LogP contribution < -0.4 is 23.4 Å². The Kier molecular flexibility index (Phi) is 5.70. The first-order valence-corrected chi connectivity index (χ1v) is 8.65. The summed E-state index contributed by atoms with van der Waals surface area (Å²) in [7, 11) is 10.1. The summed E-state index contributed by atoms with van der Waals surface area (Å²) in [5.74, 6) is 1.02. The Morgan fingerprint density at radius 1 is 0.786 bits per heavy atom. The van der Waals surface area contributed by atoms with E-state index in [1.807, 2.05) is 14.1 Å². The molecule has 2 aromatic rings. The number of rotatable bonds is 6. The first-order valence-electron chi connectivity index (χ1n) is 8.65. The van der Waals surface area contributed by atoms with E-state index >= 15 is 0 Å². The molecular formula is C16H25N8O4+. The molecule has 0 aliphatic carbocycles. The Bertz CT molecular complexity index is 794. The van der Waals surface area contributed by atoms with Gasteiger partial charge in [0.05, 0.1) is 48.6 Å². The smallest absolute Gasteiger partial charge is 0.338 e. The van der Waals surface area contributed by atoms with Crippen molar-refractivity contribution in [3.63, 3.8) is 0 Å². The van der Waals surface area contributed by atoms with Gasteiger partial charge in [-0.15, -0.1) is 19.9 Å². The predicted octanol–water partition coefficient (Wildman–Crippen LogP) is -0.285. The molecule has 0 spiro atoms. The summed E-state index contributed by atoms with van der Waals surface area (Å²) in [6, 6.07) is 0.538. The third-order valence-electron chi connectivity index (χ3n) is 4.80. The lowest BCUT2D eigenvalue weighted by Gasteiger charge is -2.43. The summed E-state index contributed by atoms with van der Waals surface area (Å²) in [6.07, 6.45) is 0. The first kappa shape index (κ1) is 19.9. The van der Waals surface area contributed by atoms with Crippen LogP contribution in [0, 0.1) is 0 Å². The van der Waals surface area contributed by atoms with E-state index in [1.165, 1.54) is 28.4 Å². The first-order chi connectivity index (χ1) is 13.4. The van der Waals surface area contributed by atoms with Crippen molar-refractivity contribution in [2.75, 3.05) is 62.2 Å². The highest BCUT2D eigenvalue weighted by Gasteiger charge is 2.46. The lowest BCUT2D eigenvalue weighted by Crippen LogP contribution is -2.60. The minimum absolute atomic E-state index is 0.185. The number of quaternary nitrogens is 1. The van der Waals surface area contributed by atoms with E-state index in [2.05, 4.69) is 34.8 Å². The van der Waals surface area contributed by atoms with E-state index in [9.17, 15) is 0 Å². The van der Waals surface area contributed by atoms with Gasteiger partial charge in [0.2, 0.25) is 0 Å². The molecule has 0 amide bonds. The van der Waals surface area contributed by atoms with Gasteiger partial charge in [-0.05, 0) is 7.05 Å². The lowest BCUT2D eigenvalue weighted by atomic mass is 10.1. The fourth-order valence-electron chi connectivity index (χ4n) is 3.10. The standard InChI is InChI=1S/C16H25N8O4/c1-23-7-8-24(2,12-19-15(27-5)22-16(20-12)28-6)10(9-23)11-17-13(25-3)21-14(18-11)26-4/h10H,7-9H2,1-6H3/q+1. The van der Waals surface area contributed by atoms with Crippen molar-refractivity contribution in [3.8, 4) is 24.0 Å². The maximum atomic E-state index is 5.22. The zero-order chi connectivity index (χ0) is 20.3. The third kappa shape index (κ3) is 3.73. The van der Waals surface area contributed by atoms with Crippen molar-refractivity contribution < 1.29 is 18.9 Å². The molecule has 0 radical (unpaired) electrons. The quantitative estimate of drug-likeness (QED) is 0.603. The summed E-state index contributed by atoms with van der Waals surface area (Å²) >= 11 is 0. The SMILES string of the molecule is COc1nc(OC)nc(C2CN(C)CC[N+]2(C)c2nc(OC)nc(OC)n2)n1. The zero-order valence-electron chi connectivity index (χ0n) is 16.9. The fourth-order valence-corrected chi connectivity index (χ4v) is 3.10. The van der Waals surface area contributed by atoms with E-state index in [-0.39, 0.29) is 30.1 Å². The summed E-state index contributed by atoms with van der Waals surface area (Å²) in [4.78, 5) is 28.3. The van der Waals surface area contributed by atoms with Crippen LogP contribution in [0.3, 0.4) is 0 Å². The molecule has 0 bridgehead atoms. The van der Waals surface area contributed by atoms with Crippen molar-refractivity contribution in [1.29, 1.82) is 0 Å². The van der Waals surface area contributed by atoms with Crippen LogP contribution in [-0.4, -0.2) is 97.0 Å². The van der Waals surface area contributed by atoms with E-state index in [1.54, 1.807) is 0 Å². The Morgan fingerprint density at radius 3 is 1.71 bits per heavy atom. The van der Waals surface area contributed by atoms with Crippen LogP contribution in [0.4, 0.5) is 5.95 Å². The summed E-state index contributed by atoms with van der Waals surface area (Å²) < 4.78 is 21.2. The highest BCUT2D eigenvalue weighted by atomic mass is 16.5. The Morgan fingerprint density at radius 2 is 1.25 bits per heavy atom. The second kappa shape index (κ2) is 8.02. The molecular weight excluding hydrogens is 368 g/mol. The molecule has 1 saturated heterocycles. The van der Waals surface area contributed by atoms with Crippen LogP contribution in [0.2, 0.25) is 0 Å². The molecule has 12 heteroatoms. The minimum Gasteiger partial charge on any atom is -0.467 e. The second-order valence-corrected chi connectivity index (χ2v) is 6.55. The molecule has 1 aliphatic heterocycles. The van der Waals surface area contributed by atoms with E-state index < -0.39 is 0 Å². The number of piperazine rings is 1. The van der Waals surface area contributed by atoms with Crippen LogP contribution in [0.25, 0.3) is 0 Å². The topological polar surface area (TPSA) is 118 Å². The van der Waals surface area contributed by atoms with Crippen LogP contribution in [0.1, 0.15) is 11.9 Å². The molecule has 1 fully saturated rings. The fraction of sp³-hybridized carbons (Fsp3) is 0.625. The molecule has 2 unspecified atom stereocenters. The number of nitrogens with zero attached hydrogens (tertiary/aromatic N) is 8. The molecule has 0 aromatic carbocycles. The monoisotopic (exact) mass is 393 g/mol. The van der Waals surface area contributed by atoms with Gasteiger partial charge in [-0.1, -0.05) is 0 Å². The van der Waals surface area contributed by atoms with Crippen molar-refractivity contribution in [2.24, 2.45) is 0 Å². The van der Waals surface area contributed by atoms with Gasteiger partial charge in [-0.2, -0.15) is 9.97 Å². The van der Waals surface area contributed by atoms with Gasteiger partial charge in [-0.25, -0.2) is 4.48 Å². The molecule has 0 saturated carbocycles. The molecule has 12 nitrogen and oxygen atoms in total. The Balaban J connectivity index is 2.13. The average molecular weight is 393 g/mol. The Hall–Kier alpha value is -2.86. The van der Waals surface area contributed by atoms with Gasteiger partial charge in [0.1, 0.15) is 0 Å². The third-order valence-corrected chi connectivity index (χ3v) is 4.80. The van der Waals surface area contributed by atoms with Crippen molar-refractivity contribution >= 4 is 5.95 Å². The number of hydrogen-bond acceptors (Lipinski definition) is 11. The number of aromatic nitrogens is 6. The summed E-state index contributed by atoms with van der Waals surface area (Å²) in [5, 5.41) is 0. The maximum absolute atomic E-state index is 5.22. The lowest BCUT2D eigenvalue weighted by molar-refractivity contribution is 0.103. The maximum Gasteiger partial charge on any atom is 0.338 e. The van der Waals surface area contributed by atoms with Crippen molar-refractivity contribution in [3.05, 3.63) is 5.82 Å². The van der Waals surface area contributed by atoms with E-state index in [0.717, 1.165) is 6.54 Å². The van der Waals surface area contributed by atoms with Gasteiger partial charge in [0, 0.05) is 6.54 Å². The predicted molar refractivity (Wildman–Crippen MR) is 98.7 cm³/mol. The van der Waals surface area contributed by atoms with Gasteiger partial charge in [0.15, 0.2) is 11.9 Å². The molecule has 3 rings (SSSR count). The Labute approximate surface area is 163 Å². The molecule has 1 aliphatic rings. The molecule has 3 heterocycles. The number of methoxy groups -OCH3 is 4. The zero-order valence-corrected chi connectivity index (χ0v) is 16.9. The van der Waals surface area contributed by atoms with E-state index in [0.29, 0.717) is 29.3 Å². The number of ether oxygens (including phenoxy) is 4. The molecule has 2 aromatic heterocycles. The largest absolute Gasteiger partial charge is 0.467 e. The molecule has 2 atom stereocenters. The van der Waals surface area contributed by atoms with Crippen LogP contribution in [0.5, 0.6) is 24.0 Å². The molecule has 152 valence electrons. The average Bonchev–Trinajstić information content (AvgIpc) is 2.74. The highest BCUT2D eigenvalue weighted by molar-refractivity contribution is 5.32. The van der Waals surface area contributed by atoms with Crippen LogP contribution in [-0.2, 0) is 0 Å². The molecule has 28 heavy (non-hydrogen) atoms. The van der Waals surface area contributed by atoms with Gasteiger partial charge in [-0.3, -0.25) is 4.90 Å². The summed E-state index contributed by atoms with van der Waals surface area (Å²) in [5.41, 5.74) is 0. The van der Waals surface area contributed by atoms with Gasteiger partial charge in [0.25, 0.3) is 0 Å². The van der Waals surface area contributed by atoms with Crippen LogP contribution >= 0.6 is 0 Å². The van der Waals surface area contributed by atoms with Gasteiger partial charge < -0.3 is 18.9 Å². The molecule has 0 N–H and O–H groups in total. The van der Waals surface area contributed by atoms with E-state index in [4.69, 9.17) is 18.9 Å². The second-order valence-electron chi connectivity index (χ2n) is 6.55. The summed E-state index contributed by atoms with van der Waals surface area (Å²) in [6.45, 7) is 2.22. The van der Waals surface area contributed by atoms with Crippen molar-refractivity contribution in [1.82, 2.24) is 39.3 Å². The minimum atomic E-state index is -0.207. The highest BCUT2D eigenvalue weighted by Crippen LogP contribution is 2.35. The van der Waals surface area contributed by atoms with Crippen molar-refractivity contribution in [2.45, 2.75) is 6.04 Å². The number of likely N-dealkylation sites (N-methyl/N-ethyl adjacent to an activating group) is 2. The van der Waals surface area contributed by atoms with Crippen LogP contribution in [0.15, 0.2) is 0 Å². The number of hydrogen-bond donors (Lipinski definition) is 0. The van der Waals surface area contributed by atoms with Gasteiger partial charge >= 0.3 is 30.0 Å².